The first-order chi connectivity index (χ1) is 9.22. The summed E-state index contributed by atoms with van der Waals surface area (Å²) in [4.78, 5) is 16.3. The minimum atomic E-state index is -0.0485. The predicted molar refractivity (Wildman–Crippen MR) is 81.5 cm³/mol. The van der Waals surface area contributed by atoms with Crippen molar-refractivity contribution in [3.05, 3.63) is 56.8 Å². The van der Waals surface area contributed by atoms with Crippen molar-refractivity contribution in [2.75, 3.05) is 0 Å². The molecule has 19 heavy (non-hydrogen) atoms. The number of rotatable bonds is 3. The van der Waals surface area contributed by atoms with E-state index in [4.69, 9.17) is 0 Å². The van der Waals surface area contributed by atoms with Gasteiger partial charge in [-0.1, -0.05) is 0 Å². The topological polar surface area (TPSA) is 44.9 Å². The lowest BCUT2D eigenvalue weighted by Crippen LogP contribution is -2.22. The minimum absolute atomic E-state index is 0.0485. The van der Waals surface area contributed by atoms with Gasteiger partial charge in [-0.25, -0.2) is 0 Å². The number of carbonyl (C=O) groups is 1. The third-order valence-corrected chi connectivity index (χ3v) is 4.56. The SMILES string of the molecule is O=C(NCc1cc(Br)cs1)c1ccc2[nH]ccc2c1. The number of fused-ring (bicyclic) bond motifs is 1. The number of aromatic nitrogens is 1. The molecule has 1 amide bonds. The Labute approximate surface area is 122 Å². The first kappa shape index (κ1) is 12.4. The third kappa shape index (κ3) is 2.72. The van der Waals surface area contributed by atoms with Gasteiger partial charge in [0.1, 0.15) is 0 Å². The molecule has 0 saturated carbocycles. The van der Waals surface area contributed by atoms with Gasteiger partial charge in [-0.15, -0.1) is 11.3 Å². The molecule has 0 aliphatic rings. The van der Waals surface area contributed by atoms with E-state index in [2.05, 4.69) is 26.2 Å². The predicted octanol–water partition coefficient (Wildman–Crippen LogP) is 3.92. The molecule has 3 aromatic rings. The van der Waals surface area contributed by atoms with Crippen molar-refractivity contribution in [1.82, 2.24) is 10.3 Å². The quantitative estimate of drug-likeness (QED) is 0.749. The molecule has 2 N–H and O–H groups in total. The van der Waals surface area contributed by atoms with Crippen molar-refractivity contribution in [2.24, 2.45) is 0 Å². The van der Waals surface area contributed by atoms with Crippen molar-refractivity contribution in [1.29, 1.82) is 0 Å². The van der Waals surface area contributed by atoms with Gasteiger partial charge in [-0.2, -0.15) is 0 Å². The van der Waals surface area contributed by atoms with Gasteiger partial charge in [0.2, 0.25) is 0 Å². The Morgan fingerprint density at radius 3 is 3.00 bits per heavy atom. The zero-order valence-corrected chi connectivity index (χ0v) is 12.3. The summed E-state index contributed by atoms with van der Waals surface area (Å²) in [6.45, 7) is 0.556. The molecular weight excluding hydrogens is 324 g/mol. The third-order valence-electron chi connectivity index (χ3n) is 2.86. The summed E-state index contributed by atoms with van der Waals surface area (Å²) in [6, 6.07) is 9.62. The van der Waals surface area contributed by atoms with Crippen LogP contribution in [0.5, 0.6) is 0 Å². The molecule has 5 heteroatoms. The molecule has 0 atom stereocenters. The molecule has 0 aliphatic heterocycles. The molecule has 0 spiro atoms. The average molecular weight is 335 g/mol. The molecule has 2 aromatic heterocycles. The number of thiophene rings is 1. The highest BCUT2D eigenvalue weighted by Gasteiger charge is 2.07. The molecule has 3 rings (SSSR count). The van der Waals surface area contributed by atoms with Crippen molar-refractivity contribution in [3.8, 4) is 0 Å². The average Bonchev–Trinajstić information content (AvgIpc) is 3.03. The Kier molecular flexibility index (Phi) is 3.40. The van der Waals surface area contributed by atoms with Crippen LogP contribution in [-0.4, -0.2) is 10.9 Å². The maximum absolute atomic E-state index is 12.1. The fourth-order valence-corrected chi connectivity index (χ4v) is 3.30. The highest BCUT2D eigenvalue weighted by atomic mass is 79.9. The highest BCUT2D eigenvalue weighted by Crippen LogP contribution is 2.19. The molecule has 0 radical (unpaired) electrons. The molecule has 96 valence electrons. The first-order valence-electron chi connectivity index (χ1n) is 5.80. The van der Waals surface area contributed by atoms with Gasteiger partial charge in [0.05, 0.1) is 6.54 Å². The van der Waals surface area contributed by atoms with Gasteiger partial charge < -0.3 is 10.3 Å². The van der Waals surface area contributed by atoms with Crippen LogP contribution < -0.4 is 5.32 Å². The Bertz CT molecular complexity index is 732. The van der Waals surface area contributed by atoms with Crippen LogP contribution in [-0.2, 0) is 6.54 Å². The van der Waals surface area contributed by atoms with Gasteiger partial charge in [-0.05, 0) is 46.3 Å². The minimum Gasteiger partial charge on any atom is -0.361 e. The summed E-state index contributed by atoms with van der Waals surface area (Å²) in [5, 5.41) is 5.98. The zero-order chi connectivity index (χ0) is 13.2. The summed E-state index contributed by atoms with van der Waals surface area (Å²) >= 11 is 5.03. The van der Waals surface area contributed by atoms with Crippen molar-refractivity contribution in [3.63, 3.8) is 0 Å². The summed E-state index contributed by atoms with van der Waals surface area (Å²) in [5.41, 5.74) is 1.72. The van der Waals surface area contributed by atoms with E-state index in [1.807, 2.05) is 41.9 Å². The zero-order valence-electron chi connectivity index (χ0n) is 9.94. The smallest absolute Gasteiger partial charge is 0.251 e. The van der Waals surface area contributed by atoms with Gasteiger partial charge >= 0.3 is 0 Å². The van der Waals surface area contributed by atoms with Crippen molar-refractivity contribution >= 4 is 44.1 Å². The number of H-pyrrole nitrogens is 1. The Morgan fingerprint density at radius 1 is 1.32 bits per heavy atom. The number of nitrogens with one attached hydrogen (secondary N) is 2. The van der Waals surface area contributed by atoms with Gasteiger partial charge in [-0.3, -0.25) is 4.79 Å². The van der Waals surface area contributed by atoms with Crippen LogP contribution in [0.15, 0.2) is 46.4 Å². The molecule has 2 heterocycles. The Morgan fingerprint density at radius 2 is 2.21 bits per heavy atom. The number of carbonyl (C=O) groups excluding carboxylic acids is 1. The summed E-state index contributed by atoms with van der Waals surface area (Å²) < 4.78 is 1.05. The second kappa shape index (κ2) is 5.19. The number of hydrogen-bond acceptors (Lipinski definition) is 2. The lowest BCUT2D eigenvalue weighted by Gasteiger charge is -2.03. The fraction of sp³-hybridized carbons (Fsp3) is 0.0714. The van der Waals surface area contributed by atoms with Crippen LogP contribution >= 0.6 is 27.3 Å². The maximum Gasteiger partial charge on any atom is 0.251 e. The molecule has 0 bridgehead atoms. The maximum atomic E-state index is 12.1. The molecule has 0 saturated heterocycles. The molecule has 1 aromatic carbocycles. The number of benzene rings is 1. The first-order valence-corrected chi connectivity index (χ1v) is 7.48. The molecule has 0 fully saturated rings. The normalized spacial score (nSPS) is 10.8. The molecule has 0 aliphatic carbocycles. The van der Waals surface area contributed by atoms with Crippen LogP contribution in [0.1, 0.15) is 15.2 Å². The lowest BCUT2D eigenvalue weighted by atomic mass is 10.1. The van der Waals surface area contributed by atoms with E-state index in [-0.39, 0.29) is 5.91 Å². The molecule has 0 unspecified atom stereocenters. The van der Waals surface area contributed by atoms with Crippen LogP contribution in [0.3, 0.4) is 0 Å². The summed E-state index contributed by atoms with van der Waals surface area (Å²) in [6.07, 6.45) is 1.87. The van der Waals surface area contributed by atoms with E-state index in [1.165, 1.54) is 0 Å². The summed E-state index contributed by atoms with van der Waals surface area (Å²) in [7, 11) is 0. The largest absolute Gasteiger partial charge is 0.361 e. The number of halogens is 1. The van der Waals surface area contributed by atoms with Crippen molar-refractivity contribution < 1.29 is 4.79 Å². The monoisotopic (exact) mass is 334 g/mol. The van der Waals surface area contributed by atoms with E-state index < -0.39 is 0 Å². The van der Waals surface area contributed by atoms with E-state index >= 15 is 0 Å². The summed E-state index contributed by atoms with van der Waals surface area (Å²) in [5.74, 6) is -0.0485. The van der Waals surface area contributed by atoms with Gasteiger partial charge in [0.25, 0.3) is 5.91 Å². The van der Waals surface area contributed by atoms with Crippen LogP contribution in [0.2, 0.25) is 0 Å². The van der Waals surface area contributed by atoms with Crippen LogP contribution in [0.4, 0.5) is 0 Å². The number of hydrogen-bond donors (Lipinski definition) is 2. The number of aromatic amines is 1. The lowest BCUT2D eigenvalue weighted by molar-refractivity contribution is 0.0951. The highest BCUT2D eigenvalue weighted by molar-refractivity contribution is 9.10. The van der Waals surface area contributed by atoms with E-state index in [0.29, 0.717) is 12.1 Å². The second-order valence-corrected chi connectivity index (χ2v) is 6.11. The standard InChI is InChI=1S/C14H11BrN2OS/c15-11-6-12(19-8-11)7-17-14(18)10-1-2-13-9(5-10)3-4-16-13/h1-6,8,16H,7H2,(H,17,18). The Balaban J connectivity index is 1.72. The molecule has 3 nitrogen and oxygen atoms in total. The Hall–Kier alpha value is -1.59. The fourth-order valence-electron chi connectivity index (χ4n) is 1.91. The number of amides is 1. The second-order valence-electron chi connectivity index (χ2n) is 4.19. The van der Waals surface area contributed by atoms with Crippen LogP contribution in [0, 0.1) is 0 Å². The van der Waals surface area contributed by atoms with Gasteiger partial charge in [0.15, 0.2) is 0 Å². The molecular formula is C14H11BrN2OS. The van der Waals surface area contributed by atoms with E-state index in [0.717, 1.165) is 20.3 Å². The van der Waals surface area contributed by atoms with E-state index in [1.54, 1.807) is 11.3 Å². The van der Waals surface area contributed by atoms with E-state index in [9.17, 15) is 4.79 Å². The van der Waals surface area contributed by atoms with Crippen LogP contribution in [0.25, 0.3) is 10.9 Å². The van der Waals surface area contributed by atoms with Crippen molar-refractivity contribution in [2.45, 2.75) is 6.54 Å². The van der Waals surface area contributed by atoms with Gasteiger partial charge in [0, 0.05) is 37.4 Å².